The van der Waals surface area contributed by atoms with Crippen LogP contribution in [0.2, 0.25) is 0 Å². The highest BCUT2D eigenvalue weighted by Gasteiger charge is 2.24. The zero-order valence-corrected chi connectivity index (χ0v) is 15.2. The Labute approximate surface area is 159 Å². The lowest BCUT2D eigenvalue weighted by Gasteiger charge is -2.24. The second kappa shape index (κ2) is 9.06. The van der Waals surface area contributed by atoms with Crippen LogP contribution in [-0.2, 0) is 0 Å². The number of primary amides is 1. The van der Waals surface area contributed by atoms with Gasteiger partial charge in [-0.2, -0.15) is 5.26 Å². The van der Waals surface area contributed by atoms with Crippen molar-refractivity contribution in [1.82, 2.24) is 10.2 Å². The van der Waals surface area contributed by atoms with Crippen molar-refractivity contribution < 1.29 is 9.53 Å². The van der Waals surface area contributed by atoms with Gasteiger partial charge in [-0.25, -0.2) is 4.79 Å². The summed E-state index contributed by atoms with van der Waals surface area (Å²) in [7, 11) is 0. The highest BCUT2D eigenvalue weighted by atomic mass is 16.5. The molecule has 0 saturated carbocycles. The second-order valence-electron chi connectivity index (χ2n) is 6.62. The van der Waals surface area contributed by atoms with E-state index in [0.29, 0.717) is 12.2 Å². The molecule has 1 aliphatic rings. The van der Waals surface area contributed by atoms with E-state index in [9.17, 15) is 4.79 Å². The lowest BCUT2D eigenvalue weighted by molar-refractivity contribution is 0.192. The minimum absolute atomic E-state index is 0.0502. The number of carbonyl (C=O) groups is 1. The molecule has 2 aromatic carbocycles. The third-order valence-corrected chi connectivity index (χ3v) is 4.73. The summed E-state index contributed by atoms with van der Waals surface area (Å²) in [4.78, 5) is 13.3. The molecule has 6 nitrogen and oxygen atoms in total. The Hall–Kier alpha value is -3.04. The second-order valence-corrected chi connectivity index (χ2v) is 6.62. The fraction of sp³-hybridized carbons (Fsp3) is 0.333. The summed E-state index contributed by atoms with van der Waals surface area (Å²) in [6.45, 7) is 2.47. The first kappa shape index (κ1) is 18.7. The molecule has 140 valence electrons. The van der Waals surface area contributed by atoms with Crippen molar-refractivity contribution in [2.24, 2.45) is 5.73 Å². The van der Waals surface area contributed by atoms with Crippen LogP contribution < -0.4 is 15.8 Å². The van der Waals surface area contributed by atoms with Crippen molar-refractivity contribution in [1.29, 1.82) is 5.26 Å². The largest absolute Gasteiger partial charge is 0.494 e. The molecule has 2 amide bonds. The number of nitrogens with zero attached hydrogens (tertiary/aromatic N) is 2. The van der Waals surface area contributed by atoms with Gasteiger partial charge in [0.05, 0.1) is 24.4 Å². The van der Waals surface area contributed by atoms with E-state index in [-0.39, 0.29) is 6.17 Å². The van der Waals surface area contributed by atoms with Crippen LogP contribution in [0, 0.1) is 11.3 Å². The van der Waals surface area contributed by atoms with Gasteiger partial charge in [-0.15, -0.1) is 0 Å². The van der Waals surface area contributed by atoms with Crippen LogP contribution in [0.1, 0.15) is 24.8 Å². The standard InChI is InChI=1S/C21H24N4O2/c22-15-16-4-6-17(7-5-16)18-8-10-19(11-9-18)27-14-2-13-25-12-1-3-20(25)24-21(23)26/h4-11,20H,1-3,12-14H2,(H3,23,24,26). The summed E-state index contributed by atoms with van der Waals surface area (Å²) < 4.78 is 5.83. The molecule has 1 aliphatic heterocycles. The summed E-state index contributed by atoms with van der Waals surface area (Å²) in [5, 5.41) is 11.7. The van der Waals surface area contributed by atoms with Crippen molar-refractivity contribution in [2.75, 3.05) is 19.7 Å². The Balaban J connectivity index is 1.45. The third-order valence-electron chi connectivity index (χ3n) is 4.73. The van der Waals surface area contributed by atoms with Crippen LogP contribution >= 0.6 is 0 Å². The summed E-state index contributed by atoms with van der Waals surface area (Å²) in [6.07, 6.45) is 2.95. The van der Waals surface area contributed by atoms with E-state index in [4.69, 9.17) is 15.7 Å². The van der Waals surface area contributed by atoms with Gasteiger partial charge in [0.15, 0.2) is 0 Å². The summed E-state index contributed by atoms with van der Waals surface area (Å²) in [5.74, 6) is 0.834. The number of urea groups is 1. The molecule has 0 spiro atoms. The number of likely N-dealkylation sites (tertiary alicyclic amines) is 1. The number of ether oxygens (including phenoxy) is 1. The molecule has 27 heavy (non-hydrogen) atoms. The number of amides is 2. The Morgan fingerprint density at radius 1 is 1.19 bits per heavy atom. The molecule has 2 aromatic rings. The SMILES string of the molecule is N#Cc1ccc(-c2ccc(OCCCN3CCCC3NC(N)=O)cc2)cc1. The molecular weight excluding hydrogens is 340 g/mol. The van der Waals surface area contributed by atoms with E-state index < -0.39 is 6.03 Å². The van der Waals surface area contributed by atoms with Crippen molar-refractivity contribution in [3.05, 3.63) is 54.1 Å². The molecule has 1 atom stereocenters. The maximum Gasteiger partial charge on any atom is 0.313 e. The van der Waals surface area contributed by atoms with E-state index in [1.54, 1.807) is 0 Å². The van der Waals surface area contributed by atoms with E-state index in [2.05, 4.69) is 16.3 Å². The van der Waals surface area contributed by atoms with Gasteiger partial charge in [-0.1, -0.05) is 24.3 Å². The van der Waals surface area contributed by atoms with Crippen LogP contribution in [0.25, 0.3) is 11.1 Å². The highest BCUT2D eigenvalue weighted by molar-refractivity contribution is 5.71. The van der Waals surface area contributed by atoms with Gasteiger partial charge in [0.1, 0.15) is 5.75 Å². The van der Waals surface area contributed by atoms with Gasteiger partial charge >= 0.3 is 6.03 Å². The first-order valence-electron chi connectivity index (χ1n) is 9.19. The molecule has 0 radical (unpaired) electrons. The molecular formula is C21H24N4O2. The fourth-order valence-electron chi connectivity index (χ4n) is 3.36. The number of nitriles is 1. The Morgan fingerprint density at radius 3 is 2.48 bits per heavy atom. The van der Waals surface area contributed by atoms with Gasteiger partial charge in [0.2, 0.25) is 0 Å². The number of carbonyl (C=O) groups excluding carboxylic acids is 1. The van der Waals surface area contributed by atoms with E-state index >= 15 is 0 Å². The zero-order valence-electron chi connectivity index (χ0n) is 15.2. The van der Waals surface area contributed by atoms with Crippen LogP contribution in [0.15, 0.2) is 48.5 Å². The fourth-order valence-corrected chi connectivity index (χ4v) is 3.36. The smallest absolute Gasteiger partial charge is 0.313 e. The molecule has 1 unspecified atom stereocenters. The molecule has 1 heterocycles. The van der Waals surface area contributed by atoms with Crippen molar-refractivity contribution >= 4 is 6.03 Å². The summed E-state index contributed by atoms with van der Waals surface area (Å²) >= 11 is 0. The van der Waals surface area contributed by atoms with Crippen molar-refractivity contribution in [2.45, 2.75) is 25.4 Å². The number of nitrogens with one attached hydrogen (secondary N) is 1. The average Bonchev–Trinajstić information content (AvgIpc) is 3.12. The predicted octanol–water partition coefficient (Wildman–Crippen LogP) is 3.08. The van der Waals surface area contributed by atoms with Crippen molar-refractivity contribution in [3.8, 4) is 22.9 Å². The Bertz CT molecular complexity index is 796. The lowest BCUT2D eigenvalue weighted by atomic mass is 10.0. The zero-order chi connectivity index (χ0) is 19.1. The maximum atomic E-state index is 11.0. The molecule has 3 N–H and O–H groups in total. The first-order chi connectivity index (χ1) is 13.2. The monoisotopic (exact) mass is 364 g/mol. The quantitative estimate of drug-likeness (QED) is 0.739. The van der Waals surface area contributed by atoms with Gasteiger partial charge in [0, 0.05) is 13.1 Å². The first-order valence-corrected chi connectivity index (χ1v) is 9.19. The minimum Gasteiger partial charge on any atom is -0.494 e. The number of nitrogens with two attached hydrogens (primary N) is 1. The Morgan fingerprint density at radius 2 is 1.85 bits per heavy atom. The van der Waals surface area contributed by atoms with Crippen molar-refractivity contribution in [3.63, 3.8) is 0 Å². The molecule has 0 aliphatic carbocycles. The number of hydrogen-bond donors (Lipinski definition) is 2. The lowest BCUT2D eigenvalue weighted by Crippen LogP contribution is -2.46. The van der Waals surface area contributed by atoms with E-state index in [0.717, 1.165) is 49.2 Å². The van der Waals surface area contributed by atoms with Gasteiger partial charge < -0.3 is 15.8 Å². The molecule has 3 rings (SSSR count). The number of rotatable bonds is 7. The van der Waals surface area contributed by atoms with Crippen LogP contribution in [0.5, 0.6) is 5.75 Å². The minimum atomic E-state index is -0.467. The normalized spacial score (nSPS) is 16.6. The average molecular weight is 364 g/mol. The predicted molar refractivity (Wildman–Crippen MR) is 104 cm³/mol. The third kappa shape index (κ3) is 5.22. The highest BCUT2D eigenvalue weighted by Crippen LogP contribution is 2.23. The number of benzene rings is 2. The summed E-state index contributed by atoms with van der Waals surface area (Å²) in [6, 6.07) is 17.1. The van der Waals surface area contributed by atoms with Crippen LogP contribution in [0.3, 0.4) is 0 Å². The van der Waals surface area contributed by atoms with Gasteiger partial charge in [-0.05, 0) is 54.7 Å². The van der Waals surface area contributed by atoms with E-state index in [1.807, 2.05) is 48.5 Å². The molecule has 6 heteroatoms. The Kier molecular flexibility index (Phi) is 6.29. The summed E-state index contributed by atoms with van der Waals surface area (Å²) in [5.41, 5.74) is 8.03. The van der Waals surface area contributed by atoms with Crippen LogP contribution in [0.4, 0.5) is 4.79 Å². The molecule has 1 saturated heterocycles. The van der Waals surface area contributed by atoms with Crippen LogP contribution in [-0.4, -0.2) is 36.8 Å². The maximum absolute atomic E-state index is 11.0. The van der Waals surface area contributed by atoms with Gasteiger partial charge in [0.25, 0.3) is 0 Å². The topological polar surface area (TPSA) is 91.4 Å². The molecule has 0 aromatic heterocycles. The van der Waals surface area contributed by atoms with E-state index in [1.165, 1.54) is 0 Å². The van der Waals surface area contributed by atoms with Gasteiger partial charge in [-0.3, -0.25) is 4.90 Å². The number of hydrogen-bond acceptors (Lipinski definition) is 4. The molecule has 1 fully saturated rings. The molecule has 0 bridgehead atoms.